The number of nitrogens with zero attached hydrogens (tertiary/aromatic N) is 4. The standard InChI is InChI=1S/C11H14N4O5/c1-11(10(17)18)3-4-14(6-11)9(16)8-7(15(19)20)5-13(2)12-8/h5H,3-4,6H2,1-2H3,(H,17,18). The van der Waals surface area contributed by atoms with Crippen molar-refractivity contribution < 1.29 is 19.6 Å². The van der Waals surface area contributed by atoms with Gasteiger partial charge in [-0.1, -0.05) is 0 Å². The first-order valence-corrected chi connectivity index (χ1v) is 5.95. The Hall–Kier alpha value is -2.45. The molecule has 1 aliphatic rings. The fraction of sp³-hybridized carbons (Fsp3) is 0.545. The minimum atomic E-state index is -1.01. The molecule has 1 amide bonds. The van der Waals surface area contributed by atoms with Crippen molar-refractivity contribution in [1.82, 2.24) is 14.7 Å². The summed E-state index contributed by atoms with van der Waals surface area (Å²) in [5.74, 6) is -1.59. The molecule has 0 aromatic carbocycles. The molecule has 1 unspecified atom stereocenters. The molecule has 0 spiro atoms. The third-order valence-electron chi connectivity index (χ3n) is 3.49. The maximum atomic E-state index is 12.2. The highest BCUT2D eigenvalue weighted by Crippen LogP contribution is 2.31. The number of rotatable bonds is 3. The van der Waals surface area contributed by atoms with Gasteiger partial charge < -0.3 is 10.0 Å². The zero-order valence-electron chi connectivity index (χ0n) is 11.1. The molecular formula is C11H14N4O5. The molecule has 0 saturated carbocycles. The molecule has 9 heteroatoms. The van der Waals surface area contributed by atoms with Gasteiger partial charge in [0, 0.05) is 20.1 Å². The fourth-order valence-electron chi connectivity index (χ4n) is 2.22. The average Bonchev–Trinajstić information content (AvgIpc) is 2.93. The van der Waals surface area contributed by atoms with Crippen molar-refractivity contribution in [1.29, 1.82) is 0 Å². The van der Waals surface area contributed by atoms with Gasteiger partial charge in [0.05, 0.1) is 10.3 Å². The van der Waals surface area contributed by atoms with Crippen molar-refractivity contribution in [3.63, 3.8) is 0 Å². The van der Waals surface area contributed by atoms with Gasteiger partial charge in [-0.05, 0) is 13.3 Å². The molecule has 0 aliphatic carbocycles. The lowest BCUT2D eigenvalue weighted by Crippen LogP contribution is -2.35. The van der Waals surface area contributed by atoms with E-state index in [1.54, 1.807) is 6.92 Å². The van der Waals surface area contributed by atoms with E-state index in [0.717, 1.165) is 6.20 Å². The monoisotopic (exact) mass is 282 g/mol. The first kappa shape index (κ1) is 14.0. The number of aryl methyl sites for hydroxylation is 1. The highest BCUT2D eigenvalue weighted by Gasteiger charge is 2.43. The number of amides is 1. The Kier molecular flexibility index (Phi) is 3.20. The Labute approximate surface area is 113 Å². The van der Waals surface area contributed by atoms with Gasteiger partial charge in [0.25, 0.3) is 5.91 Å². The molecule has 1 saturated heterocycles. The van der Waals surface area contributed by atoms with E-state index < -0.39 is 22.2 Å². The van der Waals surface area contributed by atoms with Gasteiger partial charge in [-0.25, -0.2) is 0 Å². The zero-order valence-corrected chi connectivity index (χ0v) is 11.1. The quantitative estimate of drug-likeness (QED) is 0.627. The van der Waals surface area contributed by atoms with Gasteiger partial charge in [-0.15, -0.1) is 0 Å². The van der Waals surface area contributed by atoms with E-state index >= 15 is 0 Å². The van der Waals surface area contributed by atoms with E-state index in [9.17, 15) is 19.7 Å². The zero-order chi connectivity index (χ0) is 15.1. The predicted molar refractivity (Wildman–Crippen MR) is 66.1 cm³/mol. The Balaban J connectivity index is 2.26. The Bertz CT molecular complexity index is 596. The van der Waals surface area contributed by atoms with Crippen molar-refractivity contribution in [3.8, 4) is 0 Å². The van der Waals surface area contributed by atoms with Crippen LogP contribution in [0.25, 0.3) is 0 Å². The molecule has 0 bridgehead atoms. The summed E-state index contributed by atoms with van der Waals surface area (Å²) in [6, 6.07) is 0. The van der Waals surface area contributed by atoms with E-state index in [1.807, 2.05) is 0 Å². The molecule has 0 radical (unpaired) electrons. The normalized spacial score (nSPS) is 22.0. The molecule has 20 heavy (non-hydrogen) atoms. The third kappa shape index (κ3) is 2.22. The minimum absolute atomic E-state index is 0.0227. The van der Waals surface area contributed by atoms with E-state index in [-0.39, 0.29) is 24.5 Å². The molecule has 1 fully saturated rings. The van der Waals surface area contributed by atoms with Crippen molar-refractivity contribution >= 4 is 17.6 Å². The number of nitro groups is 1. The topological polar surface area (TPSA) is 119 Å². The van der Waals surface area contributed by atoms with Crippen LogP contribution in [-0.4, -0.2) is 49.7 Å². The number of aliphatic carboxylic acids is 1. The van der Waals surface area contributed by atoms with Crippen LogP contribution >= 0.6 is 0 Å². The Morgan fingerprint density at radius 2 is 2.20 bits per heavy atom. The van der Waals surface area contributed by atoms with Crippen LogP contribution in [0.4, 0.5) is 5.69 Å². The van der Waals surface area contributed by atoms with Crippen molar-refractivity contribution in [2.24, 2.45) is 12.5 Å². The summed E-state index contributed by atoms with van der Waals surface area (Å²) in [4.78, 5) is 34.9. The second-order valence-corrected chi connectivity index (χ2v) is 5.14. The van der Waals surface area contributed by atoms with E-state index in [1.165, 1.54) is 16.6 Å². The molecule has 2 heterocycles. The lowest BCUT2D eigenvalue weighted by atomic mass is 9.90. The molecule has 1 N–H and O–H groups in total. The van der Waals surface area contributed by atoms with Crippen molar-refractivity contribution in [3.05, 3.63) is 22.0 Å². The van der Waals surface area contributed by atoms with Gasteiger partial charge in [0.1, 0.15) is 6.20 Å². The summed E-state index contributed by atoms with van der Waals surface area (Å²) in [7, 11) is 1.48. The summed E-state index contributed by atoms with van der Waals surface area (Å²) >= 11 is 0. The van der Waals surface area contributed by atoms with Crippen LogP contribution in [0.2, 0.25) is 0 Å². The number of carbonyl (C=O) groups excluding carboxylic acids is 1. The second-order valence-electron chi connectivity index (χ2n) is 5.14. The van der Waals surface area contributed by atoms with Crippen LogP contribution in [0.1, 0.15) is 23.8 Å². The SMILES string of the molecule is Cn1cc([N+](=O)[O-])c(C(=O)N2CCC(C)(C(=O)O)C2)n1. The number of hydrogen-bond donors (Lipinski definition) is 1. The molecule has 1 aliphatic heterocycles. The van der Waals surface area contributed by atoms with Crippen LogP contribution in [0.3, 0.4) is 0 Å². The number of carbonyl (C=O) groups is 2. The van der Waals surface area contributed by atoms with E-state index in [2.05, 4.69) is 5.10 Å². The minimum Gasteiger partial charge on any atom is -0.481 e. The number of carboxylic acids is 1. The smallest absolute Gasteiger partial charge is 0.320 e. The molecule has 9 nitrogen and oxygen atoms in total. The summed E-state index contributed by atoms with van der Waals surface area (Å²) in [6.45, 7) is 1.82. The van der Waals surface area contributed by atoms with Crippen LogP contribution in [0, 0.1) is 15.5 Å². The fourth-order valence-corrected chi connectivity index (χ4v) is 2.22. The largest absolute Gasteiger partial charge is 0.481 e. The second kappa shape index (κ2) is 4.58. The highest BCUT2D eigenvalue weighted by atomic mass is 16.6. The van der Waals surface area contributed by atoms with E-state index in [4.69, 9.17) is 5.11 Å². The van der Waals surface area contributed by atoms with Crippen LogP contribution in [0.15, 0.2) is 6.20 Å². The lowest BCUT2D eigenvalue weighted by molar-refractivity contribution is -0.385. The van der Waals surface area contributed by atoms with Crippen molar-refractivity contribution in [2.75, 3.05) is 13.1 Å². The Morgan fingerprint density at radius 3 is 2.70 bits per heavy atom. The Morgan fingerprint density at radius 1 is 1.55 bits per heavy atom. The average molecular weight is 282 g/mol. The molecule has 1 atom stereocenters. The lowest BCUT2D eigenvalue weighted by Gasteiger charge is -2.19. The summed E-state index contributed by atoms with van der Waals surface area (Å²) < 4.78 is 1.19. The maximum absolute atomic E-state index is 12.2. The molecular weight excluding hydrogens is 268 g/mol. The van der Waals surface area contributed by atoms with Gasteiger partial charge in [0.15, 0.2) is 0 Å². The summed E-state index contributed by atoms with van der Waals surface area (Å²) in [5, 5.41) is 23.8. The van der Waals surface area contributed by atoms with Gasteiger partial charge in [-0.3, -0.25) is 24.4 Å². The molecule has 1 aromatic rings. The number of hydrogen-bond acceptors (Lipinski definition) is 5. The number of carboxylic acid groups (broad SMARTS) is 1. The number of aromatic nitrogens is 2. The van der Waals surface area contributed by atoms with E-state index in [0.29, 0.717) is 6.42 Å². The van der Waals surface area contributed by atoms with Gasteiger partial charge in [-0.2, -0.15) is 5.10 Å². The van der Waals surface area contributed by atoms with Crippen LogP contribution in [0.5, 0.6) is 0 Å². The van der Waals surface area contributed by atoms with Crippen LogP contribution in [-0.2, 0) is 11.8 Å². The molecule has 108 valence electrons. The first-order chi connectivity index (χ1) is 9.24. The molecule has 2 rings (SSSR count). The highest BCUT2D eigenvalue weighted by molar-refractivity contribution is 5.96. The predicted octanol–water partition coefficient (Wildman–Crippen LogP) is 0.265. The summed E-state index contributed by atoms with van der Waals surface area (Å²) in [5.41, 5.74) is -1.65. The maximum Gasteiger partial charge on any atom is 0.320 e. The van der Waals surface area contributed by atoms with Gasteiger partial charge >= 0.3 is 11.7 Å². The summed E-state index contributed by atoms with van der Waals surface area (Å²) in [6.07, 6.45) is 1.47. The first-order valence-electron chi connectivity index (χ1n) is 5.95. The third-order valence-corrected chi connectivity index (χ3v) is 3.49. The van der Waals surface area contributed by atoms with Crippen molar-refractivity contribution in [2.45, 2.75) is 13.3 Å². The number of likely N-dealkylation sites (tertiary alicyclic amines) is 1. The molecule has 1 aromatic heterocycles. The van der Waals surface area contributed by atoms with Crippen LogP contribution < -0.4 is 0 Å². The van der Waals surface area contributed by atoms with Gasteiger partial charge in [0.2, 0.25) is 5.69 Å².